The first-order valence-corrected chi connectivity index (χ1v) is 10.0. The van der Waals surface area contributed by atoms with Crippen LogP contribution in [0.1, 0.15) is 81.6 Å². The van der Waals surface area contributed by atoms with Crippen LogP contribution in [-0.2, 0) is 18.6 Å². The standard InChI is InChI=1S/C20H36B2O4/c1-14(21-23-16(2,3)17(4,5)24-21)20(10)13-11-12-15(20)22-25-18(6,7)19(8,9)26-22/h15H,1,11-13H2,2-10H3. The fourth-order valence-electron chi connectivity index (χ4n) is 4.34. The van der Waals surface area contributed by atoms with Crippen molar-refractivity contribution in [3.8, 4) is 0 Å². The molecule has 6 heteroatoms. The molecule has 3 rings (SSSR count). The minimum Gasteiger partial charge on any atom is -0.403 e. The third-order valence-electron chi connectivity index (χ3n) is 7.90. The second-order valence-corrected chi connectivity index (χ2v) is 10.7. The lowest BCUT2D eigenvalue weighted by atomic mass is 9.51. The zero-order valence-electron chi connectivity index (χ0n) is 18.2. The first-order valence-electron chi connectivity index (χ1n) is 10.0. The lowest BCUT2D eigenvalue weighted by molar-refractivity contribution is 0.00578. The summed E-state index contributed by atoms with van der Waals surface area (Å²) in [5, 5.41) is 0. The van der Waals surface area contributed by atoms with Gasteiger partial charge in [0.25, 0.3) is 0 Å². The van der Waals surface area contributed by atoms with E-state index in [4.69, 9.17) is 18.6 Å². The zero-order chi connectivity index (χ0) is 19.8. The van der Waals surface area contributed by atoms with Crippen LogP contribution in [0.25, 0.3) is 0 Å². The van der Waals surface area contributed by atoms with Crippen molar-refractivity contribution in [2.45, 2.75) is 110 Å². The molecule has 2 aliphatic heterocycles. The highest BCUT2D eigenvalue weighted by molar-refractivity contribution is 6.56. The summed E-state index contributed by atoms with van der Waals surface area (Å²) in [7, 11) is -0.598. The highest BCUT2D eigenvalue weighted by Crippen LogP contribution is 2.58. The van der Waals surface area contributed by atoms with Crippen molar-refractivity contribution in [1.82, 2.24) is 0 Å². The van der Waals surface area contributed by atoms with Crippen LogP contribution in [0, 0.1) is 5.41 Å². The Bertz CT molecular complexity index is 567. The van der Waals surface area contributed by atoms with Gasteiger partial charge >= 0.3 is 14.2 Å². The van der Waals surface area contributed by atoms with E-state index in [9.17, 15) is 0 Å². The molecule has 0 bridgehead atoms. The number of allylic oxidation sites excluding steroid dienone is 1. The Morgan fingerprint density at radius 2 is 1.19 bits per heavy atom. The minimum atomic E-state index is -0.381. The fraction of sp³-hybridized carbons (Fsp3) is 0.900. The van der Waals surface area contributed by atoms with Gasteiger partial charge in [0, 0.05) is 5.82 Å². The molecule has 1 aliphatic carbocycles. The minimum absolute atomic E-state index is 0.123. The van der Waals surface area contributed by atoms with Crippen LogP contribution in [0.5, 0.6) is 0 Å². The fourth-order valence-corrected chi connectivity index (χ4v) is 4.34. The molecule has 0 aromatic heterocycles. The van der Waals surface area contributed by atoms with Gasteiger partial charge in [0.05, 0.1) is 22.4 Å². The average molecular weight is 362 g/mol. The third-order valence-corrected chi connectivity index (χ3v) is 7.90. The molecule has 2 atom stereocenters. The summed E-state index contributed by atoms with van der Waals surface area (Å²) < 4.78 is 25.4. The summed E-state index contributed by atoms with van der Waals surface area (Å²) in [5.41, 5.74) is -0.430. The maximum Gasteiger partial charge on any atom is 0.490 e. The normalized spacial score (nSPS) is 37.3. The molecule has 0 spiro atoms. The number of hydrogen-bond acceptors (Lipinski definition) is 4. The molecular weight excluding hydrogens is 326 g/mol. The Kier molecular flexibility index (Phi) is 4.60. The van der Waals surface area contributed by atoms with Crippen LogP contribution in [0.15, 0.2) is 12.1 Å². The van der Waals surface area contributed by atoms with Gasteiger partial charge in [-0.1, -0.05) is 19.8 Å². The SMILES string of the molecule is C=C(B1OC(C)(C)C(C)(C)O1)C1(C)CCCC1B1OC(C)(C)C(C)(C)O1. The van der Waals surface area contributed by atoms with Crippen molar-refractivity contribution in [2.75, 3.05) is 0 Å². The van der Waals surface area contributed by atoms with E-state index < -0.39 is 0 Å². The Balaban J connectivity index is 1.82. The molecule has 2 unspecified atom stereocenters. The van der Waals surface area contributed by atoms with Gasteiger partial charge in [0.1, 0.15) is 0 Å². The first kappa shape index (κ1) is 20.4. The largest absolute Gasteiger partial charge is 0.490 e. The van der Waals surface area contributed by atoms with Gasteiger partial charge in [-0.3, -0.25) is 0 Å². The van der Waals surface area contributed by atoms with Gasteiger partial charge in [-0.25, -0.2) is 0 Å². The Hall–Kier alpha value is -0.290. The van der Waals surface area contributed by atoms with E-state index in [0.717, 1.165) is 24.7 Å². The van der Waals surface area contributed by atoms with E-state index in [2.05, 4.69) is 68.9 Å². The Morgan fingerprint density at radius 1 is 0.769 bits per heavy atom. The first-order chi connectivity index (χ1) is 11.6. The molecular formula is C20H36B2O4. The molecule has 146 valence electrons. The van der Waals surface area contributed by atoms with Gasteiger partial charge in [0.2, 0.25) is 0 Å². The smallest absolute Gasteiger partial charge is 0.403 e. The highest BCUT2D eigenvalue weighted by atomic mass is 16.7. The Morgan fingerprint density at radius 3 is 1.65 bits per heavy atom. The summed E-state index contributed by atoms with van der Waals surface area (Å²) >= 11 is 0. The quantitative estimate of drug-likeness (QED) is 0.675. The molecule has 4 nitrogen and oxygen atoms in total. The van der Waals surface area contributed by atoms with Crippen molar-refractivity contribution < 1.29 is 18.6 Å². The van der Waals surface area contributed by atoms with Crippen LogP contribution >= 0.6 is 0 Å². The maximum atomic E-state index is 6.39. The molecule has 26 heavy (non-hydrogen) atoms. The molecule has 0 radical (unpaired) electrons. The molecule has 0 N–H and O–H groups in total. The molecule has 0 aromatic rings. The van der Waals surface area contributed by atoms with Gasteiger partial charge in [-0.05, 0) is 72.7 Å². The maximum absolute atomic E-state index is 6.39. The summed E-state index contributed by atoms with van der Waals surface area (Å²) in [6, 6.07) is 0. The van der Waals surface area contributed by atoms with E-state index in [1.54, 1.807) is 0 Å². The second-order valence-electron chi connectivity index (χ2n) is 10.7. The summed E-state index contributed by atoms with van der Waals surface area (Å²) in [6.07, 6.45) is 3.28. The van der Waals surface area contributed by atoms with E-state index in [1.165, 1.54) is 0 Å². The predicted molar refractivity (Wildman–Crippen MR) is 107 cm³/mol. The molecule has 2 saturated heterocycles. The summed E-state index contributed by atoms with van der Waals surface area (Å²) in [6.45, 7) is 23.5. The van der Waals surface area contributed by atoms with Crippen LogP contribution in [0.3, 0.4) is 0 Å². The molecule has 0 amide bonds. The summed E-state index contributed by atoms with van der Waals surface area (Å²) in [5.74, 6) is 0.259. The van der Waals surface area contributed by atoms with Gasteiger partial charge < -0.3 is 18.6 Å². The van der Waals surface area contributed by atoms with E-state index in [0.29, 0.717) is 0 Å². The summed E-state index contributed by atoms with van der Waals surface area (Å²) in [4.78, 5) is 0. The van der Waals surface area contributed by atoms with Gasteiger partial charge in [0.15, 0.2) is 0 Å². The van der Waals surface area contributed by atoms with Crippen LogP contribution in [0.2, 0.25) is 5.82 Å². The second kappa shape index (κ2) is 5.85. The van der Waals surface area contributed by atoms with Gasteiger partial charge in [-0.15, -0.1) is 6.58 Å². The van der Waals surface area contributed by atoms with E-state index in [-0.39, 0.29) is 47.9 Å². The molecule has 3 fully saturated rings. The average Bonchev–Trinajstić information content (AvgIpc) is 3.02. The molecule has 1 saturated carbocycles. The lowest BCUT2D eigenvalue weighted by Gasteiger charge is -2.36. The molecule has 3 aliphatic rings. The lowest BCUT2D eigenvalue weighted by Crippen LogP contribution is -2.41. The van der Waals surface area contributed by atoms with Crippen molar-refractivity contribution in [1.29, 1.82) is 0 Å². The Labute approximate surface area is 160 Å². The van der Waals surface area contributed by atoms with E-state index in [1.807, 2.05) is 0 Å². The molecule has 0 aromatic carbocycles. The highest BCUT2D eigenvalue weighted by Gasteiger charge is 2.62. The van der Waals surface area contributed by atoms with Crippen LogP contribution in [0.4, 0.5) is 0 Å². The third kappa shape index (κ3) is 2.92. The van der Waals surface area contributed by atoms with Crippen LogP contribution in [-0.4, -0.2) is 36.6 Å². The van der Waals surface area contributed by atoms with Crippen molar-refractivity contribution in [3.05, 3.63) is 12.1 Å². The topological polar surface area (TPSA) is 36.9 Å². The monoisotopic (exact) mass is 362 g/mol. The molecule has 2 heterocycles. The number of rotatable bonds is 3. The number of hydrogen-bond donors (Lipinski definition) is 0. The van der Waals surface area contributed by atoms with E-state index >= 15 is 0 Å². The van der Waals surface area contributed by atoms with Crippen molar-refractivity contribution in [2.24, 2.45) is 5.41 Å². The van der Waals surface area contributed by atoms with Crippen LogP contribution < -0.4 is 0 Å². The van der Waals surface area contributed by atoms with Crippen molar-refractivity contribution in [3.63, 3.8) is 0 Å². The predicted octanol–water partition coefficient (Wildman–Crippen LogP) is 4.83. The zero-order valence-corrected chi connectivity index (χ0v) is 18.2. The van der Waals surface area contributed by atoms with Crippen molar-refractivity contribution >= 4 is 14.2 Å². The van der Waals surface area contributed by atoms with Gasteiger partial charge in [-0.2, -0.15) is 0 Å².